The molecule has 0 amide bonds. The Morgan fingerprint density at radius 2 is 2.00 bits per heavy atom. The minimum Gasteiger partial charge on any atom is -0.330 e. The minimum atomic E-state index is -4.79. The molecular weight excluding hydrogens is 364 g/mol. The molecule has 1 unspecified atom stereocenters. The number of benzene rings is 1. The highest BCUT2D eigenvalue weighted by molar-refractivity contribution is 7.89. The van der Waals surface area contributed by atoms with Crippen molar-refractivity contribution in [3.05, 3.63) is 28.8 Å². The van der Waals surface area contributed by atoms with E-state index in [1.807, 2.05) is 0 Å². The van der Waals surface area contributed by atoms with Gasteiger partial charge in [-0.15, -0.1) is 12.4 Å². The molecule has 2 rings (SSSR count). The van der Waals surface area contributed by atoms with Crippen LogP contribution >= 0.6 is 24.0 Å². The Kier molecular flexibility index (Phi) is 6.14. The summed E-state index contributed by atoms with van der Waals surface area (Å²) in [6, 6.07) is 2.94. The molecule has 1 fully saturated rings. The maximum atomic E-state index is 13.0. The third kappa shape index (κ3) is 3.68. The summed E-state index contributed by atoms with van der Waals surface area (Å²) < 4.78 is 65.1. The van der Waals surface area contributed by atoms with Crippen molar-refractivity contribution in [1.82, 2.24) is 4.31 Å². The fourth-order valence-electron chi connectivity index (χ4n) is 2.33. The first-order chi connectivity index (χ1) is 9.67. The molecule has 4 nitrogen and oxygen atoms in total. The van der Waals surface area contributed by atoms with Crippen molar-refractivity contribution in [3.8, 4) is 0 Å². The smallest absolute Gasteiger partial charge is 0.330 e. The van der Waals surface area contributed by atoms with Gasteiger partial charge in [-0.1, -0.05) is 17.7 Å². The molecule has 0 saturated carbocycles. The zero-order valence-electron chi connectivity index (χ0n) is 11.3. The first kappa shape index (κ1) is 19.5. The molecule has 1 aromatic rings. The van der Waals surface area contributed by atoms with Gasteiger partial charge in [0.2, 0.25) is 10.0 Å². The van der Waals surface area contributed by atoms with Crippen LogP contribution in [0.5, 0.6) is 0 Å². The molecule has 1 aliphatic heterocycles. The van der Waals surface area contributed by atoms with Crippen LogP contribution < -0.4 is 5.73 Å². The molecule has 0 spiro atoms. The molecule has 0 radical (unpaired) electrons. The molecule has 10 heteroatoms. The predicted octanol–water partition coefficient (Wildman–Crippen LogP) is 2.75. The molecule has 1 heterocycles. The normalized spacial score (nSPS) is 20.0. The number of rotatable bonds is 3. The van der Waals surface area contributed by atoms with Gasteiger partial charge in [0.25, 0.3) is 0 Å². The van der Waals surface area contributed by atoms with E-state index in [1.165, 1.54) is 0 Å². The maximum Gasteiger partial charge on any atom is 0.417 e. The molecule has 1 aliphatic rings. The van der Waals surface area contributed by atoms with Crippen LogP contribution in [0.2, 0.25) is 5.02 Å². The highest BCUT2D eigenvalue weighted by atomic mass is 35.5. The van der Waals surface area contributed by atoms with Gasteiger partial charge < -0.3 is 5.73 Å². The molecule has 22 heavy (non-hydrogen) atoms. The number of hydrogen-bond donors (Lipinski definition) is 1. The van der Waals surface area contributed by atoms with Gasteiger partial charge in [0, 0.05) is 13.1 Å². The monoisotopic (exact) mass is 378 g/mol. The second-order valence-corrected chi connectivity index (χ2v) is 7.15. The molecule has 0 aromatic heterocycles. The van der Waals surface area contributed by atoms with E-state index in [-0.39, 0.29) is 31.4 Å². The number of halogens is 5. The van der Waals surface area contributed by atoms with Crippen LogP contribution in [0.15, 0.2) is 23.1 Å². The topological polar surface area (TPSA) is 63.4 Å². The van der Waals surface area contributed by atoms with Gasteiger partial charge in [-0.2, -0.15) is 17.5 Å². The molecule has 1 aromatic carbocycles. The second kappa shape index (κ2) is 6.92. The van der Waals surface area contributed by atoms with Crippen LogP contribution in [0.3, 0.4) is 0 Å². The molecule has 126 valence electrons. The van der Waals surface area contributed by atoms with E-state index in [9.17, 15) is 21.6 Å². The summed E-state index contributed by atoms with van der Waals surface area (Å²) in [6.45, 7) is 0.550. The first-order valence-electron chi connectivity index (χ1n) is 6.24. The van der Waals surface area contributed by atoms with Crippen LogP contribution in [0, 0.1) is 5.92 Å². The van der Waals surface area contributed by atoms with Crippen LogP contribution in [-0.2, 0) is 16.2 Å². The maximum absolute atomic E-state index is 13.0. The van der Waals surface area contributed by atoms with Gasteiger partial charge in [-0.3, -0.25) is 0 Å². The van der Waals surface area contributed by atoms with Crippen molar-refractivity contribution in [2.75, 3.05) is 19.6 Å². The van der Waals surface area contributed by atoms with Crippen LogP contribution in [0.25, 0.3) is 0 Å². The Balaban J connectivity index is 0.00000242. The first-order valence-corrected chi connectivity index (χ1v) is 8.05. The fourth-order valence-corrected chi connectivity index (χ4v) is 4.59. The van der Waals surface area contributed by atoms with Crippen LogP contribution in [-0.4, -0.2) is 32.4 Å². The Bertz CT molecular complexity index is 638. The van der Waals surface area contributed by atoms with E-state index in [1.54, 1.807) is 0 Å². The van der Waals surface area contributed by atoms with Gasteiger partial charge in [0.15, 0.2) is 0 Å². The summed E-state index contributed by atoms with van der Waals surface area (Å²) >= 11 is 5.74. The number of sulfonamides is 1. The molecule has 1 atom stereocenters. The zero-order valence-corrected chi connectivity index (χ0v) is 13.7. The summed E-state index contributed by atoms with van der Waals surface area (Å²) in [5.41, 5.74) is 4.24. The van der Waals surface area contributed by atoms with Gasteiger partial charge in [0.05, 0.1) is 10.6 Å². The lowest BCUT2D eigenvalue weighted by molar-refractivity contribution is -0.139. The lowest BCUT2D eigenvalue weighted by Gasteiger charge is -2.20. The van der Waals surface area contributed by atoms with Crippen molar-refractivity contribution in [1.29, 1.82) is 0 Å². The van der Waals surface area contributed by atoms with E-state index in [0.29, 0.717) is 13.0 Å². The van der Waals surface area contributed by atoms with E-state index >= 15 is 0 Å². The van der Waals surface area contributed by atoms with Crippen molar-refractivity contribution in [3.63, 3.8) is 0 Å². The second-order valence-electron chi connectivity index (χ2n) is 4.87. The molecule has 1 saturated heterocycles. The van der Waals surface area contributed by atoms with E-state index in [4.69, 9.17) is 17.3 Å². The minimum absolute atomic E-state index is 0. The lowest BCUT2D eigenvalue weighted by atomic mass is 10.1. The van der Waals surface area contributed by atoms with Crippen LogP contribution in [0.1, 0.15) is 12.0 Å². The standard InChI is InChI=1S/C12H14ClF3N2O2S.ClH/c13-10-3-1-2-9(12(14,15)16)11(10)21(19,20)18-5-4-8(6-17)7-18;/h1-3,8H,4-7,17H2;1H. The van der Waals surface area contributed by atoms with Gasteiger partial charge in [0.1, 0.15) is 4.90 Å². The highest BCUT2D eigenvalue weighted by Crippen LogP contribution is 2.39. The Morgan fingerprint density at radius 1 is 1.36 bits per heavy atom. The van der Waals surface area contributed by atoms with E-state index in [0.717, 1.165) is 22.5 Å². The van der Waals surface area contributed by atoms with E-state index < -0.39 is 31.7 Å². The molecule has 0 bridgehead atoms. The van der Waals surface area contributed by atoms with Gasteiger partial charge in [-0.05, 0) is 31.0 Å². The van der Waals surface area contributed by atoms with Crippen LogP contribution in [0.4, 0.5) is 13.2 Å². The number of nitrogens with zero attached hydrogens (tertiary/aromatic N) is 1. The van der Waals surface area contributed by atoms with Crippen molar-refractivity contribution in [2.24, 2.45) is 11.7 Å². The van der Waals surface area contributed by atoms with E-state index in [2.05, 4.69) is 0 Å². The summed E-state index contributed by atoms with van der Waals surface area (Å²) in [5.74, 6) is -0.0448. The molecular formula is C12H15Cl2F3N2O2S. The predicted molar refractivity (Wildman–Crippen MR) is 79.6 cm³/mol. The Morgan fingerprint density at radius 3 is 2.50 bits per heavy atom. The quantitative estimate of drug-likeness (QED) is 0.879. The summed E-state index contributed by atoms with van der Waals surface area (Å²) in [4.78, 5) is -0.878. The van der Waals surface area contributed by atoms with Gasteiger partial charge in [-0.25, -0.2) is 8.42 Å². The Labute approximate surface area is 137 Å². The number of alkyl halides is 3. The summed E-state index contributed by atoms with van der Waals surface area (Å²) in [6.07, 6.45) is -4.26. The van der Waals surface area contributed by atoms with Crippen molar-refractivity contribution >= 4 is 34.0 Å². The molecule has 0 aliphatic carbocycles. The molecule has 2 N–H and O–H groups in total. The third-order valence-electron chi connectivity index (χ3n) is 3.45. The fraction of sp³-hybridized carbons (Fsp3) is 0.500. The number of hydrogen-bond acceptors (Lipinski definition) is 3. The van der Waals surface area contributed by atoms with Crippen molar-refractivity contribution < 1.29 is 21.6 Å². The highest BCUT2D eigenvalue weighted by Gasteiger charge is 2.42. The average molecular weight is 379 g/mol. The lowest BCUT2D eigenvalue weighted by Crippen LogP contribution is -2.31. The van der Waals surface area contributed by atoms with Gasteiger partial charge >= 0.3 is 6.18 Å². The summed E-state index contributed by atoms with van der Waals surface area (Å²) in [5, 5.41) is -0.430. The largest absolute Gasteiger partial charge is 0.417 e. The number of nitrogens with two attached hydrogens (primary N) is 1. The van der Waals surface area contributed by atoms with Crippen molar-refractivity contribution in [2.45, 2.75) is 17.5 Å². The summed E-state index contributed by atoms with van der Waals surface area (Å²) in [7, 11) is -4.30. The third-order valence-corrected chi connectivity index (χ3v) is 5.85. The average Bonchev–Trinajstić information content (AvgIpc) is 2.86. The SMILES string of the molecule is Cl.NCC1CCN(S(=O)(=O)c2c(Cl)cccc2C(F)(F)F)C1. The zero-order chi connectivity index (χ0) is 15.8. The Hall–Kier alpha value is -0.540.